The smallest absolute Gasteiger partial charge is 0.241 e. The molecule has 0 radical (unpaired) electrons. The van der Waals surface area contributed by atoms with E-state index in [9.17, 15) is 4.79 Å². The van der Waals surface area contributed by atoms with Crippen molar-refractivity contribution in [3.05, 3.63) is 37.1 Å². The molecule has 0 aromatic carbocycles. The molecule has 0 unspecified atom stereocenters. The van der Waals surface area contributed by atoms with Gasteiger partial charge in [0.2, 0.25) is 5.91 Å². The van der Waals surface area contributed by atoms with Crippen molar-refractivity contribution in [1.29, 1.82) is 0 Å². The van der Waals surface area contributed by atoms with Crippen molar-refractivity contribution in [2.24, 2.45) is 11.1 Å². The number of imidazole rings is 1. The number of hydrogen-bond donors (Lipinski definition) is 2. The van der Waals surface area contributed by atoms with Crippen molar-refractivity contribution in [3.63, 3.8) is 0 Å². The number of hydrogen-bond acceptors (Lipinski definition) is 4. The molecular formula is C14H21Cl2N5O. The van der Waals surface area contributed by atoms with Crippen LogP contribution in [0.4, 0.5) is 5.69 Å². The highest BCUT2D eigenvalue weighted by Crippen LogP contribution is 2.19. The molecule has 2 aromatic heterocycles. The van der Waals surface area contributed by atoms with E-state index in [1.54, 1.807) is 41.6 Å². The number of nitrogens with zero attached hydrogens (tertiary/aromatic N) is 3. The topological polar surface area (TPSA) is 85.8 Å². The summed E-state index contributed by atoms with van der Waals surface area (Å²) in [5.41, 5.74) is 6.24. The Morgan fingerprint density at radius 3 is 2.45 bits per heavy atom. The largest absolute Gasteiger partial charge is 0.323 e. The van der Waals surface area contributed by atoms with Crippen molar-refractivity contribution >= 4 is 36.4 Å². The van der Waals surface area contributed by atoms with Gasteiger partial charge in [0.25, 0.3) is 0 Å². The number of nitrogens with two attached hydrogens (primary N) is 1. The standard InChI is InChI=1S/C14H19N5O.2ClH/c1-14(2,3)12(15)13(20)18-10-4-5-11(17-8-10)19-7-6-16-9-19;;/h4-9,12H,15H2,1-3H3,(H,18,20);2*1H/t12-;;/m1../s1. The molecule has 2 aromatic rings. The SMILES string of the molecule is CC(C)(C)[C@H](N)C(=O)Nc1ccc(-n2ccnc2)nc1.Cl.Cl. The third kappa shape index (κ3) is 4.98. The van der Waals surface area contributed by atoms with Crippen LogP contribution in [0.3, 0.4) is 0 Å². The molecule has 6 nitrogen and oxygen atoms in total. The number of nitrogens with one attached hydrogen (secondary N) is 1. The van der Waals surface area contributed by atoms with Gasteiger partial charge in [-0.15, -0.1) is 24.8 Å². The molecule has 0 bridgehead atoms. The zero-order valence-electron chi connectivity index (χ0n) is 12.7. The Labute approximate surface area is 142 Å². The van der Waals surface area contributed by atoms with E-state index in [1.807, 2.05) is 20.8 Å². The predicted octanol–water partition coefficient (Wildman–Crippen LogP) is 2.42. The summed E-state index contributed by atoms with van der Waals surface area (Å²) >= 11 is 0. The zero-order valence-corrected chi connectivity index (χ0v) is 14.3. The number of pyridine rings is 1. The van der Waals surface area contributed by atoms with E-state index in [1.165, 1.54) is 0 Å². The van der Waals surface area contributed by atoms with Gasteiger partial charge >= 0.3 is 0 Å². The maximum Gasteiger partial charge on any atom is 0.241 e. The van der Waals surface area contributed by atoms with E-state index in [-0.39, 0.29) is 36.1 Å². The fourth-order valence-electron chi connectivity index (χ4n) is 1.62. The Kier molecular flexibility index (Phi) is 7.52. The fourth-order valence-corrected chi connectivity index (χ4v) is 1.62. The average molecular weight is 346 g/mol. The van der Waals surface area contributed by atoms with E-state index < -0.39 is 6.04 Å². The van der Waals surface area contributed by atoms with Crippen molar-refractivity contribution in [2.75, 3.05) is 5.32 Å². The lowest BCUT2D eigenvalue weighted by Gasteiger charge is -2.25. The van der Waals surface area contributed by atoms with Gasteiger partial charge in [-0.05, 0) is 17.5 Å². The Morgan fingerprint density at radius 2 is 2.00 bits per heavy atom. The maximum absolute atomic E-state index is 12.0. The van der Waals surface area contributed by atoms with Crippen molar-refractivity contribution < 1.29 is 4.79 Å². The molecule has 122 valence electrons. The van der Waals surface area contributed by atoms with Crippen molar-refractivity contribution in [3.8, 4) is 5.82 Å². The van der Waals surface area contributed by atoms with Gasteiger partial charge in [-0.1, -0.05) is 20.8 Å². The van der Waals surface area contributed by atoms with Crippen LogP contribution in [-0.4, -0.2) is 26.5 Å². The van der Waals surface area contributed by atoms with E-state index >= 15 is 0 Å². The number of anilines is 1. The zero-order chi connectivity index (χ0) is 14.8. The van der Waals surface area contributed by atoms with Crippen LogP contribution in [0, 0.1) is 5.41 Å². The second-order valence-corrected chi connectivity index (χ2v) is 5.71. The van der Waals surface area contributed by atoms with Crippen molar-refractivity contribution in [1.82, 2.24) is 14.5 Å². The first-order chi connectivity index (χ1) is 9.38. The molecule has 3 N–H and O–H groups in total. The van der Waals surface area contributed by atoms with Crippen LogP contribution in [-0.2, 0) is 4.79 Å². The van der Waals surface area contributed by atoms with Crippen LogP contribution in [0.1, 0.15) is 20.8 Å². The van der Waals surface area contributed by atoms with Crippen molar-refractivity contribution in [2.45, 2.75) is 26.8 Å². The summed E-state index contributed by atoms with van der Waals surface area (Å²) in [4.78, 5) is 20.2. The number of amides is 1. The Hall–Kier alpha value is -1.63. The summed E-state index contributed by atoms with van der Waals surface area (Å²) in [5.74, 6) is 0.523. The van der Waals surface area contributed by atoms with Crippen LogP contribution >= 0.6 is 24.8 Å². The average Bonchev–Trinajstić information content (AvgIpc) is 2.91. The highest BCUT2D eigenvalue weighted by atomic mass is 35.5. The number of carbonyl (C=O) groups is 1. The van der Waals surface area contributed by atoms with Gasteiger partial charge in [0.05, 0.1) is 17.9 Å². The van der Waals surface area contributed by atoms with Crippen LogP contribution in [0.2, 0.25) is 0 Å². The first kappa shape index (κ1) is 20.4. The molecule has 8 heteroatoms. The summed E-state index contributed by atoms with van der Waals surface area (Å²) < 4.78 is 1.78. The molecule has 2 heterocycles. The molecule has 22 heavy (non-hydrogen) atoms. The Morgan fingerprint density at radius 1 is 1.32 bits per heavy atom. The van der Waals surface area contributed by atoms with Crippen LogP contribution < -0.4 is 11.1 Å². The number of aromatic nitrogens is 3. The molecule has 0 aliphatic heterocycles. The molecule has 1 atom stereocenters. The third-order valence-corrected chi connectivity index (χ3v) is 3.00. The van der Waals surface area contributed by atoms with Gasteiger partial charge in [-0.25, -0.2) is 9.97 Å². The number of halogens is 2. The van der Waals surface area contributed by atoms with Gasteiger partial charge in [0.15, 0.2) is 0 Å². The minimum Gasteiger partial charge on any atom is -0.323 e. The highest BCUT2D eigenvalue weighted by molar-refractivity contribution is 5.95. The molecule has 0 aliphatic carbocycles. The van der Waals surface area contributed by atoms with Gasteiger partial charge < -0.3 is 11.1 Å². The first-order valence-electron chi connectivity index (χ1n) is 6.39. The summed E-state index contributed by atoms with van der Waals surface area (Å²) in [6.07, 6.45) is 6.74. The molecule has 0 spiro atoms. The lowest BCUT2D eigenvalue weighted by molar-refractivity contribution is -0.119. The van der Waals surface area contributed by atoms with Crippen LogP contribution in [0.25, 0.3) is 5.82 Å². The molecule has 0 aliphatic rings. The second kappa shape index (κ2) is 8.12. The molecule has 1 amide bonds. The molecule has 2 rings (SSSR count). The maximum atomic E-state index is 12.0. The Balaban J connectivity index is 0.00000220. The lowest BCUT2D eigenvalue weighted by Crippen LogP contribution is -2.45. The normalized spacial score (nSPS) is 11.8. The fraction of sp³-hybridized carbons (Fsp3) is 0.357. The van der Waals surface area contributed by atoms with Gasteiger partial charge in [-0.2, -0.15) is 0 Å². The van der Waals surface area contributed by atoms with E-state index in [4.69, 9.17) is 5.73 Å². The summed E-state index contributed by atoms with van der Waals surface area (Å²) in [6.45, 7) is 5.78. The molecule has 0 saturated carbocycles. The van der Waals surface area contributed by atoms with Crippen LogP contribution in [0.15, 0.2) is 37.1 Å². The molecular weight excluding hydrogens is 325 g/mol. The molecule has 0 fully saturated rings. The third-order valence-electron chi connectivity index (χ3n) is 3.00. The number of carbonyl (C=O) groups excluding carboxylic acids is 1. The Bertz CT molecular complexity index is 578. The van der Waals surface area contributed by atoms with E-state index in [0.717, 1.165) is 5.82 Å². The minimum atomic E-state index is -0.573. The van der Waals surface area contributed by atoms with Gasteiger partial charge in [-0.3, -0.25) is 9.36 Å². The predicted molar refractivity (Wildman–Crippen MR) is 91.9 cm³/mol. The van der Waals surface area contributed by atoms with Crippen LogP contribution in [0.5, 0.6) is 0 Å². The molecule has 0 saturated heterocycles. The monoisotopic (exact) mass is 345 g/mol. The van der Waals surface area contributed by atoms with Gasteiger partial charge in [0, 0.05) is 12.4 Å². The summed E-state index contributed by atoms with van der Waals surface area (Å²) in [7, 11) is 0. The van der Waals surface area contributed by atoms with E-state index in [0.29, 0.717) is 5.69 Å². The summed E-state index contributed by atoms with van der Waals surface area (Å²) in [5, 5.41) is 2.77. The summed E-state index contributed by atoms with van der Waals surface area (Å²) in [6, 6.07) is 3.02. The quantitative estimate of drug-likeness (QED) is 0.894. The first-order valence-corrected chi connectivity index (χ1v) is 6.39. The lowest BCUT2D eigenvalue weighted by atomic mass is 9.87. The number of rotatable bonds is 3. The highest BCUT2D eigenvalue weighted by Gasteiger charge is 2.27. The minimum absolute atomic E-state index is 0. The second-order valence-electron chi connectivity index (χ2n) is 5.71. The van der Waals surface area contributed by atoms with Gasteiger partial charge in [0.1, 0.15) is 12.1 Å². The van der Waals surface area contributed by atoms with E-state index in [2.05, 4.69) is 15.3 Å².